The van der Waals surface area contributed by atoms with E-state index in [0.717, 1.165) is 19.3 Å². The highest BCUT2D eigenvalue weighted by Crippen LogP contribution is 2.24. The normalized spacial score (nSPS) is 30.7. The molecule has 0 aliphatic carbocycles. The van der Waals surface area contributed by atoms with Gasteiger partial charge in [0.1, 0.15) is 0 Å². The SMILES string of the molecule is C#CC=CCC(O)C1CC=CCC(Br)C(CC)O1. The fraction of sp³-hybridized carbons (Fsp3) is 0.600. The Hall–Kier alpha value is -0.560. The lowest BCUT2D eigenvalue weighted by molar-refractivity contribution is -0.0755. The summed E-state index contributed by atoms with van der Waals surface area (Å²) in [5, 5.41) is 10.1. The number of allylic oxidation sites excluding steroid dienone is 2. The minimum Gasteiger partial charge on any atom is -0.390 e. The molecule has 3 heteroatoms. The zero-order valence-corrected chi connectivity index (χ0v) is 12.3. The van der Waals surface area contributed by atoms with Crippen molar-refractivity contribution >= 4 is 15.9 Å². The number of rotatable bonds is 4. The molecule has 0 saturated heterocycles. The van der Waals surface area contributed by atoms with Gasteiger partial charge in [0.05, 0.1) is 18.3 Å². The first-order chi connectivity index (χ1) is 8.69. The summed E-state index contributed by atoms with van der Waals surface area (Å²) in [5.74, 6) is 2.42. The van der Waals surface area contributed by atoms with E-state index in [9.17, 15) is 5.11 Å². The van der Waals surface area contributed by atoms with Gasteiger partial charge in [-0.15, -0.1) is 6.42 Å². The summed E-state index contributed by atoms with van der Waals surface area (Å²) in [6, 6.07) is 0. The van der Waals surface area contributed by atoms with Crippen LogP contribution in [-0.4, -0.2) is 28.2 Å². The van der Waals surface area contributed by atoms with Gasteiger partial charge in [0.25, 0.3) is 0 Å². The minimum absolute atomic E-state index is 0.145. The lowest BCUT2D eigenvalue weighted by atomic mass is 10.0. The van der Waals surface area contributed by atoms with Crippen molar-refractivity contribution in [3.05, 3.63) is 24.3 Å². The largest absolute Gasteiger partial charge is 0.390 e. The van der Waals surface area contributed by atoms with Crippen LogP contribution < -0.4 is 0 Å². The second kappa shape index (κ2) is 8.53. The summed E-state index contributed by atoms with van der Waals surface area (Å²) in [7, 11) is 0. The molecule has 1 aliphatic rings. The molecule has 4 unspecified atom stereocenters. The molecule has 0 spiro atoms. The van der Waals surface area contributed by atoms with E-state index < -0.39 is 6.10 Å². The van der Waals surface area contributed by atoms with Gasteiger partial charge in [-0.3, -0.25) is 0 Å². The van der Waals surface area contributed by atoms with Gasteiger partial charge >= 0.3 is 0 Å². The summed E-state index contributed by atoms with van der Waals surface area (Å²) in [6.45, 7) is 2.10. The maximum atomic E-state index is 10.1. The van der Waals surface area contributed by atoms with Crippen LogP contribution in [0, 0.1) is 12.3 Å². The molecule has 0 aromatic carbocycles. The van der Waals surface area contributed by atoms with E-state index in [0.29, 0.717) is 11.2 Å². The van der Waals surface area contributed by atoms with Crippen LogP contribution in [0.25, 0.3) is 0 Å². The molecule has 0 fully saturated rings. The molecule has 0 bridgehead atoms. The third-order valence-corrected chi connectivity index (χ3v) is 4.04. The maximum Gasteiger partial charge on any atom is 0.0875 e. The Kier molecular flexibility index (Phi) is 7.34. The molecule has 1 heterocycles. The average molecular weight is 313 g/mol. The predicted molar refractivity (Wildman–Crippen MR) is 78.6 cm³/mol. The molecule has 4 atom stereocenters. The highest BCUT2D eigenvalue weighted by Gasteiger charge is 2.26. The lowest BCUT2D eigenvalue weighted by Gasteiger charge is -2.30. The van der Waals surface area contributed by atoms with Crippen LogP contribution in [0.5, 0.6) is 0 Å². The van der Waals surface area contributed by atoms with Crippen molar-refractivity contribution < 1.29 is 9.84 Å². The monoisotopic (exact) mass is 312 g/mol. The Labute approximate surface area is 118 Å². The number of terminal acetylenes is 1. The van der Waals surface area contributed by atoms with Gasteiger partial charge < -0.3 is 9.84 Å². The number of hydrogen-bond donors (Lipinski definition) is 1. The van der Waals surface area contributed by atoms with Gasteiger partial charge in [-0.05, 0) is 31.8 Å². The zero-order valence-electron chi connectivity index (χ0n) is 10.8. The molecule has 0 aromatic rings. The van der Waals surface area contributed by atoms with Gasteiger partial charge in [-0.1, -0.05) is 47.0 Å². The Balaban J connectivity index is 2.62. The molecular formula is C15H21BrO2. The maximum absolute atomic E-state index is 10.1. The second-order valence-electron chi connectivity index (χ2n) is 4.45. The van der Waals surface area contributed by atoms with E-state index in [2.05, 4.69) is 40.9 Å². The standard InChI is InChI=1S/C15H21BrO2/c1-3-5-6-10-13(17)15-11-8-7-9-12(16)14(4-2)18-15/h1,5-8,12-15,17H,4,9-11H2,2H3. The molecule has 0 saturated carbocycles. The van der Waals surface area contributed by atoms with Crippen molar-refractivity contribution in [1.82, 2.24) is 0 Å². The van der Waals surface area contributed by atoms with E-state index in [4.69, 9.17) is 11.2 Å². The van der Waals surface area contributed by atoms with Crippen LogP contribution in [0.3, 0.4) is 0 Å². The predicted octanol–water partition coefficient (Wildman–Crippen LogP) is 3.20. The Morgan fingerprint density at radius 3 is 2.94 bits per heavy atom. The first-order valence-electron chi connectivity index (χ1n) is 6.42. The Morgan fingerprint density at radius 2 is 2.28 bits per heavy atom. The highest BCUT2D eigenvalue weighted by molar-refractivity contribution is 9.09. The van der Waals surface area contributed by atoms with Crippen LogP contribution in [0.15, 0.2) is 24.3 Å². The fourth-order valence-electron chi connectivity index (χ4n) is 2.00. The number of ether oxygens (including phenoxy) is 1. The highest BCUT2D eigenvalue weighted by atomic mass is 79.9. The number of alkyl halides is 1. The molecule has 1 N–H and O–H groups in total. The smallest absolute Gasteiger partial charge is 0.0875 e. The fourth-order valence-corrected chi connectivity index (χ4v) is 2.71. The van der Waals surface area contributed by atoms with Crippen molar-refractivity contribution in [3.8, 4) is 12.3 Å². The molecule has 1 rings (SSSR count). The van der Waals surface area contributed by atoms with Crippen molar-refractivity contribution in [2.45, 2.75) is 55.7 Å². The molecule has 1 aliphatic heterocycles. The molecule has 0 amide bonds. The number of halogens is 1. The quantitative estimate of drug-likeness (QED) is 0.491. The van der Waals surface area contributed by atoms with Gasteiger partial charge in [0.15, 0.2) is 0 Å². The minimum atomic E-state index is -0.508. The third-order valence-electron chi connectivity index (χ3n) is 3.07. The molecule has 100 valence electrons. The van der Waals surface area contributed by atoms with E-state index in [1.54, 1.807) is 6.08 Å². The summed E-state index contributed by atoms with van der Waals surface area (Å²) >= 11 is 3.64. The molecule has 18 heavy (non-hydrogen) atoms. The van der Waals surface area contributed by atoms with E-state index in [-0.39, 0.29) is 12.2 Å². The third kappa shape index (κ3) is 4.97. The van der Waals surface area contributed by atoms with Gasteiger partial charge in [-0.25, -0.2) is 0 Å². The van der Waals surface area contributed by atoms with E-state index >= 15 is 0 Å². The van der Waals surface area contributed by atoms with Crippen LogP contribution in [0.1, 0.15) is 32.6 Å². The van der Waals surface area contributed by atoms with Gasteiger partial charge in [-0.2, -0.15) is 0 Å². The Bertz CT molecular complexity index is 330. The van der Waals surface area contributed by atoms with E-state index in [1.807, 2.05) is 6.08 Å². The van der Waals surface area contributed by atoms with Gasteiger partial charge in [0, 0.05) is 4.83 Å². The molecule has 2 nitrogen and oxygen atoms in total. The summed E-state index contributed by atoms with van der Waals surface area (Å²) in [4.78, 5) is 0.315. The van der Waals surface area contributed by atoms with Crippen molar-refractivity contribution in [1.29, 1.82) is 0 Å². The van der Waals surface area contributed by atoms with Crippen molar-refractivity contribution in [3.63, 3.8) is 0 Å². The summed E-state index contributed by atoms with van der Waals surface area (Å²) in [5.41, 5.74) is 0. The first kappa shape index (κ1) is 15.5. The second-order valence-corrected chi connectivity index (χ2v) is 5.63. The van der Waals surface area contributed by atoms with Crippen LogP contribution in [0.2, 0.25) is 0 Å². The van der Waals surface area contributed by atoms with Crippen LogP contribution in [0.4, 0.5) is 0 Å². The van der Waals surface area contributed by atoms with Crippen LogP contribution in [-0.2, 0) is 4.74 Å². The molecule has 0 radical (unpaired) electrons. The Morgan fingerprint density at radius 1 is 1.56 bits per heavy atom. The van der Waals surface area contributed by atoms with Crippen molar-refractivity contribution in [2.75, 3.05) is 0 Å². The number of aliphatic hydroxyl groups excluding tert-OH is 1. The zero-order chi connectivity index (χ0) is 13.4. The number of aliphatic hydroxyl groups is 1. The summed E-state index contributed by atoms with van der Waals surface area (Å²) in [6.07, 6.45) is 15.5. The van der Waals surface area contributed by atoms with Gasteiger partial charge in [0.2, 0.25) is 0 Å². The average Bonchev–Trinajstić information content (AvgIpc) is 2.35. The summed E-state index contributed by atoms with van der Waals surface area (Å²) < 4.78 is 6.01. The first-order valence-corrected chi connectivity index (χ1v) is 7.34. The van der Waals surface area contributed by atoms with Crippen LogP contribution >= 0.6 is 15.9 Å². The van der Waals surface area contributed by atoms with E-state index in [1.165, 1.54) is 0 Å². The molecular weight excluding hydrogens is 292 g/mol. The lowest BCUT2D eigenvalue weighted by Crippen LogP contribution is -2.36. The van der Waals surface area contributed by atoms with Crippen molar-refractivity contribution in [2.24, 2.45) is 0 Å². The molecule has 0 aromatic heterocycles. The topological polar surface area (TPSA) is 29.5 Å². The number of hydrogen-bond acceptors (Lipinski definition) is 2.